The second-order valence-corrected chi connectivity index (χ2v) is 12.1. The molecule has 9 heteroatoms. The predicted octanol–water partition coefficient (Wildman–Crippen LogP) is 6.20. The van der Waals surface area contributed by atoms with Gasteiger partial charge in [0.2, 0.25) is 0 Å². The van der Waals surface area contributed by atoms with Crippen LogP contribution in [-0.2, 0) is 20.0 Å². The molecule has 0 saturated heterocycles. The van der Waals surface area contributed by atoms with Gasteiger partial charge in [-0.25, -0.2) is 13.8 Å². The van der Waals surface area contributed by atoms with E-state index >= 15 is 0 Å². The Morgan fingerprint density at radius 2 is 1.97 bits per heavy atom. The molecule has 37 heavy (non-hydrogen) atoms. The smallest absolute Gasteiger partial charge is 0.278 e. The first-order valence-corrected chi connectivity index (χ1v) is 14.1. The van der Waals surface area contributed by atoms with Gasteiger partial charge in [0.15, 0.2) is 12.4 Å². The molecule has 6 nitrogen and oxygen atoms in total. The highest BCUT2D eigenvalue weighted by atomic mass is 32.1. The molecule has 5 rings (SSSR count). The van der Waals surface area contributed by atoms with E-state index in [0.717, 1.165) is 84.8 Å². The average Bonchev–Trinajstić information content (AvgIpc) is 3.45. The summed E-state index contributed by atoms with van der Waals surface area (Å²) >= 11 is 1.40. The van der Waals surface area contributed by atoms with Crippen LogP contribution >= 0.6 is 11.3 Å². The third-order valence-corrected chi connectivity index (χ3v) is 8.89. The summed E-state index contributed by atoms with van der Waals surface area (Å²) in [7, 11) is 1.90. The van der Waals surface area contributed by atoms with Gasteiger partial charge in [-0.3, -0.25) is 14.4 Å². The second kappa shape index (κ2) is 10.8. The lowest BCUT2D eigenvalue weighted by atomic mass is 9.78. The number of aryl methyl sites for hydroxylation is 2. The van der Waals surface area contributed by atoms with E-state index in [0.29, 0.717) is 23.5 Å². The summed E-state index contributed by atoms with van der Waals surface area (Å²) in [6.45, 7) is 5.03. The molecule has 0 radical (unpaired) electrons. The van der Waals surface area contributed by atoms with Crippen molar-refractivity contribution < 1.29 is 18.3 Å². The molecule has 1 aliphatic carbocycles. The molecule has 0 bridgehead atoms. The Kier molecular flexibility index (Phi) is 7.63. The number of halogens is 2. The quantitative estimate of drug-likeness (QED) is 0.308. The fourth-order valence-electron chi connectivity index (χ4n) is 5.73. The van der Waals surface area contributed by atoms with Crippen LogP contribution in [-0.4, -0.2) is 51.1 Å². The van der Waals surface area contributed by atoms with E-state index < -0.39 is 12.5 Å². The number of hydrogen-bond donors (Lipinski definition) is 0. The number of carbonyl (C=O) groups excluding carboxylic acids is 1. The van der Waals surface area contributed by atoms with Gasteiger partial charge in [-0.15, -0.1) is 0 Å². The molecule has 2 aromatic heterocycles. The van der Waals surface area contributed by atoms with Gasteiger partial charge in [0.05, 0.1) is 11.2 Å². The van der Waals surface area contributed by atoms with Gasteiger partial charge in [-0.2, -0.15) is 5.10 Å². The van der Waals surface area contributed by atoms with Crippen molar-refractivity contribution in [2.75, 3.05) is 19.7 Å². The number of Topliss-reactive ketones (excluding diaryl/α,β-unsaturated/α-hetero) is 1. The maximum absolute atomic E-state index is 13.2. The van der Waals surface area contributed by atoms with Gasteiger partial charge >= 0.3 is 0 Å². The summed E-state index contributed by atoms with van der Waals surface area (Å²) in [5.74, 6) is -1.46. The number of carbonyl (C=O) groups is 1. The maximum atomic E-state index is 13.2. The number of ether oxygens (including phenoxy) is 1. The molecule has 1 fully saturated rings. The highest BCUT2D eigenvalue weighted by Gasteiger charge is 2.28. The number of hydrogen-bond acceptors (Lipinski definition) is 6. The zero-order valence-corrected chi connectivity index (χ0v) is 22.8. The van der Waals surface area contributed by atoms with Crippen LogP contribution in [0.2, 0.25) is 0 Å². The molecule has 0 N–H and O–H groups in total. The topological polar surface area (TPSA) is 60.3 Å². The Morgan fingerprint density at radius 3 is 2.73 bits per heavy atom. The molecule has 1 aliphatic heterocycles. The summed E-state index contributed by atoms with van der Waals surface area (Å²) in [5.41, 5.74) is 3.80. The number of rotatable bonds is 9. The number of benzene rings is 1. The molecule has 3 aromatic rings. The predicted molar refractivity (Wildman–Crippen MR) is 142 cm³/mol. The summed E-state index contributed by atoms with van der Waals surface area (Å²) in [6.07, 6.45) is 9.19. The van der Waals surface area contributed by atoms with E-state index in [-0.39, 0.29) is 5.78 Å². The van der Waals surface area contributed by atoms with Gasteiger partial charge < -0.3 is 4.74 Å². The molecule has 200 valence electrons. The molecule has 0 spiro atoms. The molecule has 0 amide bonds. The van der Waals surface area contributed by atoms with Crippen molar-refractivity contribution in [1.29, 1.82) is 0 Å². The first kappa shape index (κ1) is 26.2. The van der Waals surface area contributed by atoms with E-state index in [4.69, 9.17) is 4.74 Å². The van der Waals surface area contributed by atoms with Crippen LogP contribution in [0.15, 0.2) is 18.3 Å². The lowest BCUT2D eigenvalue weighted by molar-refractivity contribution is -0.0230. The lowest BCUT2D eigenvalue weighted by Crippen LogP contribution is -2.32. The highest BCUT2D eigenvalue weighted by molar-refractivity contribution is 7.13. The number of ketones is 1. The standard InChI is InChI=1S/C28H36F2N4O2S/c1-18-4-9-21(22-15-33(3)32-26(18)22)24(35)14-20-7-5-19(6-8-20)10-12-34-13-11-25-23(16-34)31-27(37-25)36-17-28(2,29)30/h4,9,15,19-20H,5-8,10-14,16-17H2,1-3H3. The van der Waals surface area contributed by atoms with Crippen LogP contribution in [0.25, 0.3) is 10.9 Å². The molecular formula is C28H36F2N4O2S. The summed E-state index contributed by atoms with van der Waals surface area (Å²) in [5, 5.41) is 5.85. The SMILES string of the molecule is Cc1ccc(C(=O)CC2CCC(CCN3CCc4sc(OCC(C)(F)F)nc4C3)CC2)c2cn(C)nc12. The van der Waals surface area contributed by atoms with E-state index in [1.54, 1.807) is 4.68 Å². The van der Waals surface area contributed by atoms with Crippen molar-refractivity contribution in [2.24, 2.45) is 18.9 Å². The largest absolute Gasteiger partial charge is 0.464 e. The highest BCUT2D eigenvalue weighted by Crippen LogP contribution is 2.35. The Labute approximate surface area is 221 Å². The maximum Gasteiger partial charge on any atom is 0.278 e. The first-order chi connectivity index (χ1) is 17.6. The van der Waals surface area contributed by atoms with Gasteiger partial charge in [0.25, 0.3) is 11.1 Å². The summed E-state index contributed by atoms with van der Waals surface area (Å²) in [4.78, 5) is 21.2. The van der Waals surface area contributed by atoms with E-state index in [1.165, 1.54) is 24.2 Å². The van der Waals surface area contributed by atoms with Crippen molar-refractivity contribution >= 4 is 28.0 Å². The Hall–Kier alpha value is -2.39. The number of nitrogens with zero attached hydrogens (tertiary/aromatic N) is 4. The van der Waals surface area contributed by atoms with E-state index in [1.807, 2.05) is 32.3 Å². The number of alkyl halides is 2. The molecule has 0 atom stereocenters. The third kappa shape index (κ3) is 6.37. The van der Waals surface area contributed by atoms with Crippen LogP contribution in [0.4, 0.5) is 8.78 Å². The van der Waals surface area contributed by atoms with E-state index in [2.05, 4.69) is 15.0 Å². The average molecular weight is 531 g/mol. The van der Waals surface area contributed by atoms with Crippen LogP contribution in [0.5, 0.6) is 5.19 Å². The van der Waals surface area contributed by atoms with Gasteiger partial charge in [-0.1, -0.05) is 36.3 Å². The molecule has 1 saturated carbocycles. The fourth-order valence-corrected chi connectivity index (χ4v) is 6.63. The molecule has 1 aromatic carbocycles. The zero-order valence-electron chi connectivity index (χ0n) is 21.9. The van der Waals surface area contributed by atoms with Crippen molar-refractivity contribution in [2.45, 2.75) is 71.3 Å². The van der Waals surface area contributed by atoms with Crippen molar-refractivity contribution in [1.82, 2.24) is 19.7 Å². The monoisotopic (exact) mass is 530 g/mol. The van der Waals surface area contributed by atoms with Gasteiger partial charge in [0.1, 0.15) is 0 Å². The lowest BCUT2D eigenvalue weighted by Gasteiger charge is -2.31. The number of fused-ring (bicyclic) bond motifs is 2. The third-order valence-electron chi connectivity index (χ3n) is 7.82. The normalized spacial score (nSPS) is 20.8. The molecular weight excluding hydrogens is 494 g/mol. The fraction of sp³-hybridized carbons (Fsp3) is 0.607. The number of aromatic nitrogens is 3. The summed E-state index contributed by atoms with van der Waals surface area (Å²) < 4.78 is 33.2. The molecule has 0 unspecified atom stereocenters. The van der Waals surface area contributed by atoms with Crippen molar-refractivity contribution in [3.8, 4) is 5.19 Å². The Balaban J connectivity index is 1.07. The van der Waals surface area contributed by atoms with Gasteiger partial charge in [-0.05, 0) is 56.6 Å². The Morgan fingerprint density at radius 1 is 1.22 bits per heavy atom. The van der Waals surface area contributed by atoms with E-state index in [9.17, 15) is 13.6 Å². The van der Waals surface area contributed by atoms with Crippen LogP contribution in [0, 0.1) is 18.8 Å². The minimum Gasteiger partial charge on any atom is -0.464 e. The molecule has 2 aliphatic rings. The van der Waals surface area contributed by atoms with Gasteiger partial charge in [0, 0.05) is 55.5 Å². The minimum absolute atomic E-state index is 0.236. The first-order valence-electron chi connectivity index (χ1n) is 13.3. The number of thiazole rings is 1. The van der Waals surface area contributed by atoms with Crippen LogP contribution in [0.1, 0.15) is 71.9 Å². The Bertz CT molecular complexity index is 1260. The zero-order chi connectivity index (χ0) is 26.2. The van der Waals surface area contributed by atoms with Crippen LogP contribution < -0.4 is 4.74 Å². The van der Waals surface area contributed by atoms with Crippen molar-refractivity contribution in [3.63, 3.8) is 0 Å². The second-order valence-electron chi connectivity index (χ2n) is 11.0. The minimum atomic E-state index is -2.85. The van der Waals surface area contributed by atoms with Crippen LogP contribution in [0.3, 0.4) is 0 Å². The molecule has 3 heterocycles. The van der Waals surface area contributed by atoms with Crippen molar-refractivity contribution in [3.05, 3.63) is 40.0 Å². The summed E-state index contributed by atoms with van der Waals surface area (Å²) in [6, 6.07) is 3.97.